The van der Waals surface area contributed by atoms with Gasteiger partial charge in [0.15, 0.2) is 0 Å². The Morgan fingerprint density at radius 3 is 2.95 bits per heavy atom. The minimum Gasteiger partial charge on any atom is -0.361 e. The zero-order chi connectivity index (χ0) is 13.2. The van der Waals surface area contributed by atoms with Gasteiger partial charge in [0.25, 0.3) is 5.91 Å². The normalized spacial score (nSPS) is 23.4. The molecule has 2 unspecified atom stereocenters. The summed E-state index contributed by atoms with van der Waals surface area (Å²) in [5, 5.41) is 4.33. The third-order valence-electron chi connectivity index (χ3n) is 4.25. The van der Waals surface area contributed by atoms with E-state index in [1.165, 1.54) is 19.3 Å². The van der Waals surface area contributed by atoms with E-state index in [1.54, 1.807) is 0 Å². The topological polar surface area (TPSA) is 44.9 Å². The first kappa shape index (κ1) is 12.3. The van der Waals surface area contributed by atoms with Crippen LogP contribution in [0, 0.1) is 5.92 Å². The fourth-order valence-electron chi connectivity index (χ4n) is 2.97. The maximum atomic E-state index is 12.3. The molecule has 2 aromatic rings. The SMILES string of the molecule is CC1CCCCC1NC(=O)c1ccc2cc[nH]c2c1. The van der Waals surface area contributed by atoms with Crippen molar-refractivity contribution in [2.45, 2.75) is 38.6 Å². The molecule has 3 nitrogen and oxygen atoms in total. The Bertz CT molecular complexity index is 587. The molecule has 0 aliphatic heterocycles. The third kappa shape index (κ3) is 2.50. The fourth-order valence-corrected chi connectivity index (χ4v) is 2.97. The van der Waals surface area contributed by atoms with Crippen LogP contribution in [0.3, 0.4) is 0 Å². The number of aromatic amines is 1. The number of H-pyrrole nitrogens is 1. The molecule has 1 aliphatic carbocycles. The van der Waals surface area contributed by atoms with Gasteiger partial charge in [0.1, 0.15) is 0 Å². The van der Waals surface area contributed by atoms with Crippen molar-refractivity contribution >= 4 is 16.8 Å². The van der Waals surface area contributed by atoms with Crippen LogP contribution in [0.1, 0.15) is 43.0 Å². The summed E-state index contributed by atoms with van der Waals surface area (Å²) in [6.45, 7) is 2.23. The number of fused-ring (bicyclic) bond motifs is 1. The molecule has 1 amide bonds. The molecule has 1 heterocycles. The first-order valence-corrected chi connectivity index (χ1v) is 7.12. The van der Waals surface area contributed by atoms with E-state index in [2.05, 4.69) is 17.2 Å². The molecule has 1 aromatic carbocycles. The first-order chi connectivity index (χ1) is 9.24. The second-order valence-corrected chi connectivity index (χ2v) is 5.62. The number of amides is 1. The zero-order valence-corrected chi connectivity index (χ0v) is 11.3. The molecule has 1 aromatic heterocycles. The predicted molar refractivity (Wildman–Crippen MR) is 77.2 cm³/mol. The van der Waals surface area contributed by atoms with Crippen LogP contribution in [0.5, 0.6) is 0 Å². The Morgan fingerprint density at radius 1 is 1.26 bits per heavy atom. The Morgan fingerprint density at radius 2 is 2.11 bits per heavy atom. The molecule has 1 fully saturated rings. The lowest BCUT2D eigenvalue weighted by Gasteiger charge is -2.29. The second kappa shape index (κ2) is 5.08. The number of rotatable bonds is 2. The molecule has 0 saturated heterocycles. The van der Waals surface area contributed by atoms with Crippen LogP contribution in [-0.2, 0) is 0 Å². The smallest absolute Gasteiger partial charge is 0.251 e. The van der Waals surface area contributed by atoms with Gasteiger partial charge in [-0.05, 0) is 42.3 Å². The number of carbonyl (C=O) groups excluding carboxylic acids is 1. The maximum absolute atomic E-state index is 12.3. The van der Waals surface area contributed by atoms with Crippen molar-refractivity contribution in [3.8, 4) is 0 Å². The summed E-state index contributed by atoms with van der Waals surface area (Å²) < 4.78 is 0. The van der Waals surface area contributed by atoms with E-state index in [-0.39, 0.29) is 5.91 Å². The molecule has 3 rings (SSSR count). The van der Waals surface area contributed by atoms with E-state index in [0.29, 0.717) is 12.0 Å². The molecule has 2 N–H and O–H groups in total. The Kier molecular flexibility index (Phi) is 3.28. The lowest BCUT2D eigenvalue weighted by molar-refractivity contribution is 0.0910. The van der Waals surface area contributed by atoms with Gasteiger partial charge in [-0.3, -0.25) is 4.79 Å². The van der Waals surface area contributed by atoms with Crippen molar-refractivity contribution in [1.82, 2.24) is 10.3 Å². The predicted octanol–water partition coefficient (Wildman–Crippen LogP) is 3.48. The average molecular weight is 256 g/mol. The molecule has 0 spiro atoms. The Labute approximate surface area is 113 Å². The van der Waals surface area contributed by atoms with Crippen molar-refractivity contribution < 1.29 is 4.79 Å². The van der Waals surface area contributed by atoms with E-state index in [9.17, 15) is 4.79 Å². The summed E-state index contributed by atoms with van der Waals surface area (Å²) in [5.74, 6) is 0.641. The number of nitrogens with one attached hydrogen (secondary N) is 2. The summed E-state index contributed by atoms with van der Waals surface area (Å²) in [6, 6.07) is 8.17. The van der Waals surface area contributed by atoms with Crippen LogP contribution in [0.25, 0.3) is 10.9 Å². The Hall–Kier alpha value is -1.77. The van der Waals surface area contributed by atoms with E-state index in [4.69, 9.17) is 0 Å². The molecular formula is C16H20N2O. The van der Waals surface area contributed by atoms with Crippen molar-refractivity contribution in [1.29, 1.82) is 0 Å². The summed E-state index contributed by atoms with van der Waals surface area (Å²) in [5.41, 5.74) is 1.76. The van der Waals surface area contributed by atoms with E-state index in [0.717, 1.165) is 22.9 Å². The van der Waals surface area contributed by atoms with Crippen molar-refractivity contribution in [3.63, 3.8) is 0 Å². The number of benzene rings is 1. The van der Waals surface area contributed by atoms with Gasteiger partial charge in [0, 0.05) is 23.3 Å². The summed E-state index contributed by atoms with van der Waals surface area (Å²) in [4.78, 5) is 15.4. The number of hydrogen-bond donors (Lipinski definition) is 2. The zero-order valence-electron chi connectivity index (χ0n) is 11.3. The van der Waals surface area contributed by atoms with Crippen LogP contribution >= 0.6 is 0 Å². The van der Waals surface area contributed by atoms with Crippen LogP contribution in [0.2, 0.25) is 0 Å². The van der Waals surface area contributed by atoms with E-state index in [1.807, 2.05) is 30.5 Å². The Balaban J connectivity index is 1.75. The van der Waals surface area contributed by atoms with E-state index >= 15 is 0 Å². The highest BCUT2D eigenvalue weighted by Crippen LogP contribution is 2.24. The summed E-state index contributed by atoms with van der Waals surface area (Å²) >= 11 is 0. The van der Waals surface area contributed by atoms with Gasteiger partial charge in [-0.15, -0.1) is 0 Å². The molecule has 3 heteroatoms. The minimum atomic E-state index is 0.0512. The van der Waals surface area contributed by atoms with E-state index < -0.39 is 0 Å². The van der Waals surface area contributed by atoms with Crippen LogP contribution in [-0.4, -0.2) is 16.9 Å². The molecular weight excluding hydrogens is 236 g/mol. The first-order valence-electron chi connectivity index (χ1n) is 7.12. The monoisotopic (exact) mass is 256 g/mol. The molecule has 19 heavy (non-hydrogen) atoms. The van der Waals surface area contributed by atoms with Gasteiger partial charge in [-0.2, -0.15) is 0 Å². The number of hydrogen-bond acceptors (Lipinski definition) is 1. The molecule has 1 aliphatic rings. The van der Waals surface area contributed by atoms with Crippen LogP contribution in [0.4, 0.5) is 0 Å². The molecule has 100 valence electrons. The second-order valence-electron chi connectivity index (χ2n) is 5.62. The van der Waals surface area contributed by atoms with Gasteiger partial charge in [0.2, 0.25) is 0 Å². The minimum absolute atomic E-state index is 0.0512. The highest BCUT2D eigenvalue weighted by molar-refractivity contribution is 5.98. The molecule has 1 saturated carbocycles. The summed E-state index contributed by atoms with van der Waals surface area (Å²) in [6.07, 6.45) is 6.75. The van der Waals surface area contributed by atoms with Gasteiger partial charge in [-0.1, -0.05) is 25.8 Å². The standard InChI is InChI=1S/C16H20N2O/c1-11-4-2-3-5-14(11)18-16(19)13-7-6-12-8-9-17-15(12)10-13/h6-11,14,17H,2-5H2,1H3,(H,18,19). The highest BCUT2D eigenvalue weighted by atomic mass is 16.1. The molecule has 0 radical (unpaired) electrons. The molecule has 2 atom stereocenters. The van der Waals surface area contributed by atoms with Crippen molar-refractivity contribution in [2.75, 3.05) is 0 Å². The van der Waals surface area contributed by atoms with Crippen molar-refractivity contribution in [3.05, 3.63) is 36.0 Å². The third-order valence-corrected chi connectivity index (χ3v) is 4.25. The highest BCUT2D eigenvalue weighted by Gasteiger charge is 2.23. The van der Waals surface area contributed by atoms with Gasteiger partial charge in [0.05, 0.1) is 0 Å². The number of aromatic nitrogens is 1. The molecule has 0 bridgehead atoms. The van der Waals surface area contributed by atoms with Crippen LogP contribution < -0.4 is 5.32 Å². The van der Waals surface area contributed by atoms with Gasteiger partial charge in [-0.25, -0.2) is 0 Å². The lowest BCUT2D eigenvalue weighted by atomic mass is 9.86. The largest absolute Gasteiger partial charge is 0.361 e. The van der Waals surface area contributed by atoms with Gasteiger partial charge < -0.3 is 10.3 Å². The van der Waals surface area contributed by atoms with Crippen molar-refractivity contribution in [2.24, 2.45) is 5.92 Å². The summed E-state index contributed by atoms with van der Waals surface area (Å²) in [7, 11) is 0. The quantitative estimate of drug-likeness (QED) is 0.849. The van der Waals surface area contributed by atoms with Gasteiger partial charge >= 0.3 is 0 Å². The average Bonchev–Trinajstić information content (AvgIpc) is 2.88. The van der Waals surface area contributed by atoms with Crippen LogP contribution in [0.15, 0.2) is 30.5 Å². The fraction of sp³-hybridized carbons (Fsp3) is 0.438. The maximum Gasteiger partial charge on any atom is 0.251 e. The lowest BCUT2D eigenvalue weighted by Crippen LogP contribution is -2.41. The number of carbonyl (C=O) groups is 1.